The average Bonchev–Trinajstić information content (AvgIpc) is 3.35. The van der Waals surface area contributed by atoms with Gasteiger partial charge in [0, 0.05) is 11.9 Å². The van der Waals surface area contributed by atoms with Gasteiger partial charge >= 0.3 is 5.97 Å². The highest BCUT2D eigenvalue weighted by Gasteiger charge is 2.16. The van der Waals surface area contributed by atoms with E-state index in [-0.39, 0.29) is 24.1 Å². The van der Waals surface area contributed by atoms with Gasteiger partial charge < -0.3 is 9.30 Å². The Morgan fingerprint density at radius 3 is 2.91 bits per heavy atom. The molecule has 4 rings (SSSR count). The maximum atomic E-state index is 12.3. The van der Waals surface area contributed by atoms with Gasteiger partial charge in [0.25, 0.3) is 0 Å². The molecule has 164 valence electrons. The van der Waals surface area contributed by atoms with Crippen molar-refractivity contribution in [1.82, 2.24) is 29.9 Å². The third-order valence-electron chi connectivity index (χ3n) is 4.31. The van der Waals surface area contributed by atoms with Crippen LogP contribution in [0, 0.1) is 0 Å². The lowest BCUT2D eigenvalue weighted by atomic mass is 10.2. The number of anilines is 1. The summed E-state index contributed by atoms with van der Waals surface area (Å²) in [6.07, 6.45) is 1.82. The van der Waals surface area contributed by atoms with Crippen LogP contribution in [-0.4, -0.2) is 54.2 Å². The number of amides is 1. The molecular weight excluding hydrogens is 450 g/mol. The Kier molecular flexibility index (Phi) is 6.71. The molecule has 0 aliphatic heterocycles. The van der Waals surface area contributed by atoms with Crippen LogP contribution < -0.4 is 5.32 Å². The van der Waals surface area contributed by atoms with Crippen LogP contribution in [0.2, 0.25) is 0 Å². The zero-order valence-electron chi connectivity index (χ0n) is 17.1. The summed E-state index contributed by atoms with van der Waals surface area (Å²) >= 11 is 2.30. The summed E-state index contributed by atoms with van der Waals surface area (Å²) in [7, 11) is 0. The minimum atomic E-state index is -0.383. The number of carbonyl (C=O) groups excluding carboxylic acids is 2. The molecule has 1 aromatic carbocycles. The van der Waals surface area contributed by atoms with E-state index in [1.165, 1.54) is 11.8 Å². The molecular formula is C20H19N7O3S2. The van der Waals surface area contributed by atoms with E-state index in [4.69, 9.17) is 4.74 Å². The average molecular weight is 470 g/mol. The van der Waals surface area contributed by atoms with Gasteiger partial charge in [-0.05, 0) is 13.0 Å². The standard InChI is InChI=1S/C20H19N7O3S2/c1-3-9-27-13-8-6-5-7-12(13)17-18(27)22-19(25-24-17)31-11-14(28)21-20-26-23-15(32-20)10-16(29)30-4-2/h3,5-8H,1,4,9-11H2,2H3,(H,21,26,28). The van der Waals surface area contributed by atoms with E-state index in [2.05, 4.69) is 37.3 Å². The lowest BCUT2D eigenvalue weighted by molar-refractivity contribution is -0.142. The van der Waals surface area contributed by atoms with E-state index in [0.29, 0.717) is 39.6 Å². The molecule has 12 heteroatoms. The Balaban J connectivity index is 1.43. The summed E-state index contributed by atoms with van der Waals surface area (Å²) in [6.45, 7) is 6.44. The van der Waals surface area contributed by atoms with Crippen LogP contribution in [0.4, 0.5) is 5.13 Å². The number of benzene rings is 1. The number of rotatable bonds is 9. The predicted octanol–water partition coefficient (Wildman–Crippen LogP) is 2.85. The highest BCUT2D eigenvalue weighted by Crippen LogP contribution is 2.27. The van der Waals surface area contributed by atoms with Crippen molar-refractivity contribution in [3.8, 4) is 0 Å². The van der Waals surface area contributed by atoms with E-state index >= 15 is 0 Å². The number of nitrogens with one attached hydrogen (secondary N) is 1. The van der Waals surface area contributed by atoms with Crippen molar-refractivity contribution in [3.63, 3.8) is 0 Å². The zero-order chi connectivity index (χ0) is 22.5. The molecule has 3 aromatic heterocycles. The second-order valence-electron chi connectivity index (χ2n) is 6.50. The van der Waals surface area contributed by atoms with Gasteiger partial charge in [-0.2, -0.15) is 0 Å². The molecule has 0 atom stereocenters. The van der Waals surface area contributed by atoms with Crippen molar-refractivity contribution in [2.24, 2.45) is 0 Å². The molecule has 1 amide bonds. The van der Waals surface area contributed by atoms with E-state index in [9.17, 15) is 9.59 Å². The molecule has 4 aromatic rings. The summed E-state index contributed by atoms with van der Waals surface area (Å²) in [5, 5.41) is 21.1. The lowest BCUT2D eigenvalue weighted by Gasteiger charge is -2.03. The van der Waals surface area contributed by atoms with Gasteiger partial charge in [-0.25, -0.2) is 4.98 Å². The van der Waals surface area contributed by atoms with Crippen molar-refractivity contribution >= 4 is 62.2 Å². The molecule has 0 unspecified atom stereocenters. The maximum Gasteiger partial charge on any atom is 0.312 e. The Morgan fingerprint density at radius 1 is 1.25 bits per heavy atom. The Hall–Kier alpha value is -3.38. The summed E-state index contributed by atoms with van der Waals surface area (Å²) in [5.74, 6) is -0.600. The molecule has 32 heavy (non-hydrogen) atoms. The number of allylic oxidation sites excluding steroid dienone is 1. The van der Waals surface area contributed by atoms with Crippen molar-refractivity contribution < 1.29 is 14.3 Å². The smallest absolute Gasteiger partial charge is 0.312 e. The maximum absolute atomic E-state index is 12.3. The minimum absolute atomic E-state index is 0.0222. The molecule has 0 spiro atoms. The quantitative estimate of drug-likeness (QED) is 0.224. The van der Waals surface area contributed by atoms with E-state index in [1.807, 2.05) is 28.8 Å². The van der Waals surface area contributed by atoms with Gasteiger partial charge in [0.05, 0.1) is 24.3 Å². The number of nitrogens with zero attached hydrogens (tertiary/aromatic N) is 6. The van der Waals surface area contributed by atoms with Crippen molar-refractivity contribution in [1.29, 1.82) is 0 Å². The molecule has 0 saturated carbocycles. The number of aromatic nitrogens is 6. The van der Waals surface area contributed by atoms with Crippen molar-refractivity contribution in [3.05, 3.63) is 41.9 Å². The van der Waals surface area contributed by atoms with Crippen LogP contribution in [-0.2, 0) is 27.3 Å². The number of ether oxygens (including phenoxy) is 1. The fourth-order valence-electron chi connectivity index (χ4n) is 3.06. The number of fused-ring (bicyclic) bond motifs is 3. The lowest BCUT2D eigenvalue weighted by Crippen LogP contribution is -2.14. The molecule has 0 bridgehead atoms. The topological polar surface area (TPSA) is 125 Å². The van der Waals surface area contributed by atoms with E-state index in [0.717, 1.165) is 22.2 Å². The van der Waals surface area contributed by atoms with Gasteiger partial charge in [-0.3, -0.25) is 14.9 Å². The molecule has 0 aliphatic carbocycles. The molecule has 0 saturated heterocycles. The van der Waals surface area contributed by atoms with Gasteiger partial charge in [-0.15, -0.1) is 27.0 Å². The molecule has 1 N–H and O–H groups in total. The van der Waals surface area contributed by atoms with Crippen LogP contribution in [0.5, 0.6) is 0 Å². The first-order chi connectivity index (χ1) is 15.6. The summed E-state index contributed by atoms with van der Waals surface area (Å²) < 4.78 is 6.90. The second-order valence-corrected chi connectivity index (χ2v) is 8.51. The Bertz CT molecular complexity index is 1300. The Morgan fingerprint density at radius 2 is 2.09 bits per heavy atom. The van der Waals surface area contributed by atoms with Crippen molar-refractivity contribution in [2.45, 2.75) is 25.0 Å². The number of carbonyl (C=O) groups is 2. The van der Waals surface area contributed by atoms with Crippen LogP contribution in [0.1, 0.15) is 11.9 Å². The molecule has 3 heterocycles. The SMILES string of the molecule is C=CCn1c2ccccc2c2nnc(SCC(=O)Nc3nnc(CC(=O)OCC)s3)nc21. The first-order valence-electron chi connectivity index (χ1n) is 9.72. The minimum Gasteiger partial charge on any atom is -0.466 e. The first kappa shape index (κ1) is 21.8. The number of thioether (sulfide) groups is 1. The second kappa shape index (κ2) is 9.83. The van der Waals surface area contributed by atoms with Crippen LogP contribution in [0.25, 0.3) is 22.1 Å². The highest BCUT2D eigenvalue weighted by molar-refractivity contribution is 7.99. The van der Waals surface area contributed by atoms with Crippen molar-refractivity contribution in [2.75, 3.05) is 17.7 Å². The zero-order valence-corrected chi connectivity index (χ0v) is 18.8. The fraction of sp³-hybridized carbons (Fsp3) is 0.250. The highest BCUT2D eigenvalue weighted by atomic mass is 32.2. The van der Waals surface area contributed by atoms with Crippen LogP contribution in [0.3, 0.4) is 0 Å². The van der Waals surface area contributed by atoms with Gasteiger partial charge in [0.1, 0.15) is 10.5 Å². The third kappa shape index (κ3) is 4.75. The van der Waals surface area contributed by atoms with E-state index in [1.54, 1.807) is 13.0 Å². The number of para-hydroxylation sites is 1. The summed E-state index contributed by atoms with van der Waals surface area (Å²) in [5.41, 5.74) is 2.40. The van der Waals surface area contributed by atoms with Gasteiger partial charge in [0.15, 0.2) is 5.65 Å². The fourth-order valence-corrected chi connectivity index (χ4v) is 4.38. The molecule has 0 aliphatic rings. The molecule has 0 fully saturated rings. The number of hydrogen-bond donors (Lipinski definition) is 1. The molecule has 10 nitrogen and oxygen atoms in total. The summed E-state index contributed by atoms with van der Waals surface area (Å²) in [4.78, 5) is 28.4. The molecule has 0 radical (unpaired) electrons. The third-order valence-corrected chi connectivity index (χ3v) is 5.99. The number of hydrogen-bond acceptors (Lipinski definition) is 10. The predicted molar refractivity (Wildman–Crippen MR) is 123 cm³/mol. The number of esters is 1. The van der Waals surface area contributed by atoms with Gasteiger partial charge in [0.2, 0.25) is 16.2 Å². The normalized spacial score (nSPS) is 11.0. The van der Waals surface area contributed by atoms with Gasteiger partial charge in [-0.1, -0.05) is 47.4 Å². The Labute approximate surface area is 191 Å². The monoisotopic (exact) mass is 469 g/mol. The van der Waals surface area contributed by atoms with Crippen LogP contribution in [0.15, 0.2) is 42.1 Å². The first-order valence-corrected chi connectivity index (χ1v) is 11.5. The van der Waals surface area contributed by atoms with E-state index < -0.39 is 0 Å². The summed E-state index contributed by atoms with van der Waals surface area (Å²) in [6, 6.07) is 7.88. The van der Waals surface area contributed by atoms with Crippen LogP contribution >= 0.6 is 23.1 Å². The largest absolute Gasteiger partial charge is 0.466 e.